The first-order valence-corrected chi connectivity index (χ1v) is 3.70. The molecule has 0 aliphatic heterocycles. The number of rotatable bonds is 4. The summed E-state index contributed by atoms with van der Waals surface area (Å²) in [6, 6.07) is 1.71. The van der Waals surface area contributed by atoms with E-state index in [0.717, 1.165) is 11.3 Å². The molecule has 0 aliphatic rings. The van der Waals surface area contributed by atoms with Gasteiger partial charge in [0.05, 0.1) is 5.69 Å². The fourth-order valence-corrected chi connectivity index (χ4v) is 0.763. The topological polar surface area (TPSA) is 71.5 Å². The minimum atomic E-state index is -1.01. The van der Waals surface area contributed by atoms with E-state index in [2.05, 4.69) is 15.3 Å². The minimum Gasteiger partial charge on any atom is -0.479 e. The van der Waals surface area contributed by atoms with Crippen LogP contribution in [0.4, 0.5) is 5.69 Å². The van der Waals surface area contributed by atoms with E-state index in [-0.39, 0.29) is 6.61 Å². The molecule has 0 fully saturated rings. The molecular formula is C8H10N2O3. The van der Waals surface area contributed by atoms with E-state index in [1.807, 2.05) is 6.92 Å². The second kappa shape index (κ2) is 4.42. The van der Waals surface area contributed by atoms with Crippen molar-refractivity contribution in [2.45, 2.75) is 6.92 Å². The van der Waals surface area contributed by atoms with Crippen LogP contribution in [-0.2, 0) is 9.63 Å². The van der Waals surface area contributed by atoms with E-state index < -0.39 is 5.97 Å². The van der Waals surface area contributed by atoms with Gasteiger partial charge in [0.15, 0.2) is 6.61 Å². The Morgan fingerprint density at radius 1 is 1.77 bits per heavy atom. The summed E-state index contributed by atoms with van der Waals surface area (Å²) < 4.78 is 0. The Hall–Kier alpha value is -1.62. The molecule has 0 radical (unpaired) electrons. The highest BCUT2D eigenvalue weighted by Crippen LogP contribution is 2.10. The minimum absolute atomic E-state index is 0.373. The molecule has 1 aromatic rings. The second-order valence-electron chi connectivity index (χ2n) is 2.48. The lowest BCUT2D eigenvalue weighted by Crippen LogP contribution is -2.11. The summed E-state index contributed by atoms with van der Waals surface area (Å²) >= 11 is 0. The Balaban J connectivity index is 2.45. The van der Waals surface area contributed by atoms with E-state index in [1.54, 1.807) is 18.5 Å². The first-order chi connectivity index (χ1) is 6.20. The van der Waals surface area contributed by atoms with E-state index in [1.165, 1.54) is 0 Å². The van der Waals surface area contributed by atoms with Crippen molar-refractivity contribution in [1.82, 2.24) is 4.98 Å². The number of hydrogen-bond donors (Lipinski definition) is 2. The lowest BCUT2D eigenvalue weighted by Gasteiger charge is -2.06. The van der Waals surface area contributed by atoms with E-state index in [9.17, 15) is 4.79 Å². The van der Waals surface area contributed by atoms with Gasteiger partial charge in [-0.05, 0) is 18.6 Å². The monoisotopic (exact) mass is 182 g/mol. The molecule has 0 aromatic carbocycles. The summed E-state index contributed by atoms with van der Waals surface area (Å²) in [4.78, 5) is 18.7. The number of aromatic nitrogens is 1. The van der Waals surface area contributed by atoms with E-state index in [4.69, 9.17) is 5.11 Å². The highest BCUT2D eigenvalue weighted by atomic mass is 16.7. The van der Waals surface area contributed by atoms with Crippen LogP contribution in [0.2, 0.25) is 0 Å². The first kappa shape index (κ1) is 9.47. The normalized spacial score (nSPS) is 9.62. The van der Waals surface area contributed by atoms with Crippen LogP contribution in [0, 0.1) is 6.92 Å². The molecule has 0 unspecified atom stereocenters. The molecule has 1 rings (SSSR count). The average molecular weight is 182 g/mol. The lowest BCUT2D eigenvalue weighted by molar-refractivity contribution is -0.141. The maximum Gasteiger partial charge on any atom is 0.332 e. The third-order valence-electron chi connectivity index (χ3n) is 1.40. The Morgan fingerprint density at radius 2 is 2.54 bits per heavy atom. The maximum atomic E-state index is 10.1. The van der Waals surface area contributed by atoms with Crippen molar-refractivity contribution in [1.29, 1.82) is 0 Å². The molecule has 2 N–H and O–H groups in total. The SMILES string of the molecule is Cc1cnccc1NOCC(=O)O. The molecule has 0 saturated heterocycles. The van der Waals surface area contributed by atoms with Gasteiger partial charge in [-0.1, -0.05) is 0 Å². The predicted molar refractivity (Wildman–Crippen MR) is 46.2 cm³/mol. The third-order valence-corrected chi connectivity index (χ3v) is 1.40. The zero-order valence-electron chi connectivity index (χ0n) is 7.15. The van der Waals surface area contributed by atoms with Gasteiger partial charge in [-0.2, -0.15) is 0 Å². The number of carboxylic acids is 1. The van der Waals surface area contributed by atoms with Crippen LogP contribution in [0.15, 0.2) is 18.5 Å². The molecule has 5 heteroatoms. The molecule has 70 valence electrons. The van der Waals surface area contributed by atoms with E-state index >= 15 is 0 Å². The van der Waals surface area contributed by atoms with Gasteiger partial charge in [-0.15, -0.1) is 0 Å². The zero-order valence-corrected chi connectivity index (χ0v) is 7.15. The Labute approximate surface area is 75.3 Å². The molecule has 0 amide bonds. The fourth-order valence-electron chi connectivity index (χ4n) is 0.763. The van der Waals surface area contributed by atoms with Crippen molar-refractivity contribution < 1.29 is 14.7 Å². The molecule has 0 spiro atoms. The summed E-state index contributed by atoms with van der Waals surface area (Å²) in [5, 5.41) is 8.28. The van der Waals surface area contributed by atoms with Crippen LogP contribution in [0.25, 0.3) is 0 Å². The van der Waals surface area contributed by atoms with Crippen molar-refractivity contribution in [2.75, 3.05) is 12.1 Å². The van der Waals surface area contributed by atoms with Crippen molar-refractivity contribution in [3.8, 4) is 0 Å². The van der Waals surface area contributed by atoms with Crippen LogP contribution in [0.5, 0.6) is 0 Å². The van der Waals surface area contributed by atoms with Crippen molar-refractivity contribution in [3.05, 3.63) is 24.0 Å². The largest absolute Gasteiger partial charge is 0.479 e. The van der Waals surface area contributed by atoms with Crippen molar-refractivity contribution in [3.63, 3.8) is 0 Å². The van der Waals surface area contributed by atoms with Gasteiger partial charge in [0.25, 0.3) is 0 Å². The summed E-state index contributed by atoms with van der Waals surface area (Å²) in [6.07, 6.45) is 3.26. The molecule has 1 heterocycles. The summed E-state index contributed by atoms with van der Waals surface area (Å²) in [6.45, 7) is 1.47. The molecule has 0 saturated carbocycles. The Morgan fingerprint density at radius 3 is 3.15 bits per heavy atom. The highest BCUT2D eigenvalue weighted by Gasteiger charge is 1.98. The lowest BCUT2D eigenvalue weighted by atomic mass is 10.3. The average Bonchev–Trinajstić information content (AvgIpc) is 2.08. The molecular weight excluding hydrogens is 172 g/mol. The third kappa shape index (κ3) is 3.08. The molecule has 0 bridgehead atoms. The molecule has 0 aliphatic carbocycles. The molecule has 1 aromatic heterocycles. The van der Waals surface area contributed by atoms with Crippen LogP contribution in [-0.4, -0.2) is 22.7 Å². The smallest absolute Gasteiger partial charge is 0.332 e. The van der Waals surface area contributed by atoms with Crippen molar-refractivity contribution >= 4 is 11.7 Å². The number of aliphatic carboxylic acids is 1. The first-order valence-electron chi connectivity index (χ1n) is 3.70. The summed E-state index contributed by atoms with van der Waals surface area (Å²) in [5.74, 6) is -1.01. The van der Waals surface area contributed by atoms with Gasteiger partial charge in [-0.3, -0.25) is 15.3 Å². The Kier molecular flexibility index (Phi) is 3.22. The van der Waals surface area contributed by atoms with Gasteiger partial charge in [-0.25, -0.2) is 4.79 Å². The number of nitrogens with zero attached hydrogens (tertiary/aromatic N) is 1. The second-order valence-corrected chi connectivity index (χ2v) is 2.48. The number of nitrogens with one attached hydrogen (secondary N) is 1. The molecule has 0 atom stereocenters. The quantitative estimate of drug-likeness (QED) is 0.674. The van der Waals surface area contributed by atoms with Crippen LogP contribution in [0.1, 0.15) is 5.56 Å². The number of hydrogen-bond acceptors (Lipinski definition) is 4. The number of aryl methyl sites for hydroxylation is 1. The fraction of sp³-hybridized carbons (Fsp3) is 0.250. The predicted octanol–water partition coefficient (Wildman–Crippen LogP) is 0.818. The van der Waals surface area contributed by atoms with Crippen LogP contribution < -0.4 is 5.48 Å². The highest BCUT2D eigenvalue weighted by molar-refractivity contribution is 5.68. The number of carbonyl (C=O) groups is 1. The van der Waals surface area contributed by atoms with Gasteiger partial charge in [0.2, 0.25) is 0 Å². The maximum absolute atomic E-state index is 10.1. The van der Waals surface area contributed by atoms with Gasteiger partial charge in [0, 0.05) is 12.4 Å². The Bertz CT molecular complexity index is 301. The van der Waals surface area contributed by atoms with Gasteiger partial charge >= 0.3 is 5.97 Å². The van der Waals surface area contributed by atoms with Crippen LogP contribution >= 0.6 is 0 Å². The molecule has 5 nitrogen and oxygen atoms in total. The van der Waals surface area contributed by atoms with Crippen molar-refractivity contribution in [2.24, 2.45) is 0 Å². The van der Waals surface area contributed by atoms with Gasteiger partial charge < -0.3 is 5.11 Å². The molecule has 13 heavy (non-hydrogen) atoms. The summed E-state index contributed by atoms with van der Waals surface area (Å²) in [5.41, 5.74) is 4.14. The number of anilines is 1. The van der Waals surface area contributed by atoms with Crippen LogP contribution in [0.3, 0.4) is 0 Å². The standard InChI is InChI=1S/C8H10N2O3/c1-6-4-9-3-2-7(6)10-13-5-8(11)12/h2-4H,5H2,1H3,(H,9,10)(H,11,12). The number of carboxylic acid groups (broad SMARTS) is 1. The van der Waals surface area contributed by atoms with Gasteiger partial charge in [0.1, 0.15) is 0 Å². The summed E-state index contributed by atoms with van der Waals surface area (Å²) in [7, 11) is 0. The van der Waals surface area contributed by atoms with E-state index in [0.29, 0.717) is 0 Å². The number of pyridine rings is 1. The zero-order chi connectivity index (χ0) is 9.68.